The summed E-state index contributed by atoms with van der Waals surface area (Å²) < 4.78 is 18.2. The number of benzene rings is 1. The van der Waals surface area contributed by atoms with Gasteiger partial charge in [-0.15, -0.1) is 0 Å². The third-order valence-corrected chi connectivity index (χ3v) is 3.89. The van der Waals surface area contributed by atoms with E-state index >= 15 is 0 Å². The Hall–Kier alpha value is -2.31. The average molecular weight is 351 g/mol. The van der Waals surface area contributed by atoms with Gasteiger partial charge in [-0.3, -0.25) is 4.79 Å². The van der Waals surface area contributed by atoms with E-state index in [0.717, 1.165) is 5.69 Å². The highest BCUT2D eigenvalue weighted by Gasteiger charge is 2.27. The average Bonchev–Trinajstić information content (AvgIpc) is 2.53. The zero-order chi connectivity index (χ0) is 18.6. The first-order chi connectivity index (χ1) is 11.7. The number of carbonyl (C=O) groups excluding carboxylic acids is 2. The van der Waals surface area contributed by atoms with Gasteiger partial charge < -0.3 is 19.9 Å². The molecule has 1 atom stereocenters. The lowest BCUT2D eigenvalue weighted by molar-refractivity contribution is -0.133. The Bertz CT molecular complexity index is 605. The van der Waals surface area contributed by atoms with Gasteiger partial charge >= 0.3 is 6.09 Å². The van der Waals surface area contributed by atoms with Crippen LogP contribution in [0.15, 0.2) is 24.3 Å². The van der Waals surface area contributed by atoms with Crippen molar-refractivity contribution in [1.29, 1.82) is 0 Å². The first-order valence-corrected chi connectivity index (χ1v) is 8.44. The number of nitrogens with zero attached hydrogens (tertiary/aromatic N) is 2. The summed E-state index contributed by atoms with van der Waals surface area (Å²) in [5.74, 6) is -0.399. The van der Waals surface area contributed by atoms with E-state index in [9.17, 15) is 14.0 Å². The highest BCUT2D eigenvalue weighted by Crippen LogP contribution is 2.17. The van der Waals surface area contributed by atoms with Crippen molar-refractivity contribution < 1.29 is 18.7 Å². The van der Waals surface area contributed by atoms with Gasteiger partial charge in [0.1, 0.15) is 17.5 Å². The van der Waals surface area contributed by atoms with Crippen molar-refractivity contribution in [3.8, 4) is 0 Å². The fourth-order valence-electron chi connectivity index (χ4n) is 2.66. The molecule has 1 aliphatic rings. The molecule has 2 amide bonds. The molecular weight excluding hydrogens is 325 g/mol. The van der Waals surface area contributed by atoms with Crippen LogP contribution in [0.4, 0.5) is 14.9 Å². The lowest BCUT2D eigenvalue weighted by Crippen LogP contribution is -2.54. The van der Waals surface area contributed by atoms with Crippen LogP contribution in [-0.2, 0) is 9.53 Å². The minimum atomic E-state index is -0.646. The van der Waals surface area contributed by atoms with E-state index in [2.05, 4.69) is 10.2 Å². The Labute approximate surface area is 147 Å². The Morgan fingerprint density at radius 2 is 1.68 bits per heavy atom. The molecule has 1 fully saturated rings. The molecule has 1 aromatic carbocycles. The van der Waals surface area contributed by atoms with Crippen LogP contribution in [0.5, 0.6) is 0 Å². The molecule has 0 saturated carbocycles. The molecule has 25 heavy (non-hydrogen) atoms. The number of alkyl carbamates (subject to hydrolysis) is 1. The fraction of sp³-hybridized carbons (Fsp3) is 0.556. The summed E-state index contributed by atoms with van der Waals surface area (Å²) in [5.41, 5.74) is 0.335. The standard InChI is InChI=1S/C18H26FN3O3/c1-13(20-17(24)25-18(2,3)4)16(23)22-11-9-21(10-12-22)15-7-5-14(19)6-8-15/h5-8,13H,9-12H2,1-4H3,(H,20,24). The largest absolute Gasteiger partial charge is 0.444 e. The maximum Gasteiger partial charge on any atom is 0.408 e. The van der Waals surface area contributed by atoms with Gasteiger partial charge in [0.2, 0.25) is 5.91 Å². The van der Waals surface area contributed by atoms with Crippen LogP contribution in [-0.4, -0.2) is 54.7 Å². The first-order valence-electron chi connectivity index (χ1n) is 8.44. The molecule has 1 heterocycles. The van der Waals surface area contributed by atoms with Crippen LogP contribution in [0.25, 0.3) is 0 Å². The normalized spacial score (nSPS) is 16.4. The van der Waals surface area contributed by atoms with Crippen molar-refractivity contribution in [3.05, 3.63) is 30.1 Å². The molecule has 6 nitrogen and oxygen atoms in total. The molecular formula is C18H26FN3O3. The van der Waals surface area contributed by atoms with Crippen LogP contribution in [0.2, 0.25) is 0 Å². The van der Waals surface area contributed by atoms with E-state index in [0.29, 0.717) is 26.2 Å². The number of hydrogen-bond acceptors (Lipinski definition) is 4. The molecule has 0 spiro atoms. The van der Waals surface area contributed by atoms with Crippen LogP contribution in [0.3, 0.4) is 0 Å². The SMILES string of the molecule is CC(NC(=O)OC(C)(C)C)C(=O)N1CCN(c2ccc(F)cc2)CC1. The molecule has 2 rings (SSSR count). The van der Waals surface area contributed by atoms with E-state index < -0.39 is 17.7 Å². The number of piperazine rings is 1. The predicted octanol–water partition coefficient (Wildman–Crippen LogP) is 2.39. The van der Waals surface area contributed by atoms with Crippen molar-refractivity contribution in [1.82, 2.24) is 10.2 Å². The quantitative estimate of drug-likeness (QED) is 0.908. The molecule has 138 valence electrons. The first kappa shape index (κ1) is 19.0. The zero-order valence-corrected chi connectivity index (χ0v) is 15.2. The summed E-state index contributed by atoms with van der Waals surface area (Å²) in [4.78, 5) is 28.1. The van der Waals surface area contributed by atoms with E-state index in [1.54, 1.807) is 44.7 Å². The van der Waals surface area contributed by atoms with E-state index in [-0.39, 0.29) is 11.7 Å². The van der Waals surface area contributed by atoms with Gasteiger partial charge in [0.05, 0.1) is 0 Å². The van der Waals surface area contributed by atoms with Gasteiger partial charge in [-0.2, -0.15) is 0 Å². The number of carbonyl (C=O) groups is 2. The Kier molecular flexibility index (Phi) is 5.87. The van der Waals surface area contributed by atoms with Crippen LogP contribution < -0.4 is 10.2 Å². The molecule has 0 bridgehead atoms. The molecule has 1 N–H and O–H groups in total. The number of halogens is 1. The number of nitrogens with one attached hydrogen (secondary N) is 1. The lowest BCUT2D eigenvalue weighted by Gasteiger charge is -2.37. The van der Waals surface area contributed by atoms with Crippen molar-refractivity contribution in [2.75, 3.05) is 31.1 Å². The third kappa shape index (κ3) is 5.62. The van der Waals surface area contributed by atoms with Crippen molar-refractivity contribution in [2.24, 2.45) is 0 Å². The minimum Gasteiger partial charge on any atom is -0.444 e. The van der Waals surface area contributed by atoms with Crippen molar-refractivity contribution >= 4 is 17.7 Å². The Morgan fingerprint density at radius 3 is 2.20 bits per heavy atom. The summed E-state index contributed by atoms with van der Waals surface area (Å²) >= 11 is 0. The topological polar surface area (TPSA) is 61.9 Å². The zero-order valence-electron chi connectivity index (χ0n) is 15.2. The van der Waals surface area contributed by atoms with Crippen LogP contribution in [0, 0.1) is 5.82 Å². The van der Waals surface area contributed by atoms with E-state index in [4.69, 9.17) is 4.74 Å². The van der Waals surface area contributed by atoms with Gasteiger partial charge in [-0.25, -0.2) is 9.18 Å². The fourth-order valence-corrected chi connectivity index (χ4v) is 2.66. The maximum atomic E-state index is 13.0. The van der Waals surface area contributed by atoms with Crippen molar-refractivity contribution in [3.63, 3.8) is 0 Å². The molecule has 0 aliphatic carbocycles. The number of amides is 2. The third-order valence-electron chi connectivity index (χ3n) is 3.89. The molecule has 1 aliphatic heterocycles. The molecule has 1 saturated heterocycles. The lowest BCUT2D eigenvalue weighted by atomic mass is 10.2. The molecule has 7 heteroatoms. The molecule has 0 radical (unpaired) electrons. The van der Waals surface area contributed by atoms with Crippen molar-refractivity contribution in [2.45, 2.75) is 39.3 Å². The summed E-state index contributed by atoms with van der Waals surface area (Å²) in [5, 5.41) is 2.57. The Morgan fingerprint density at radius 1 is 1.12 bits per heavy atom. The Balaban J connectivity index is 1.84. The van der Waals surface area contributed by atoms with Gasteiger partial charge in [0.15, 0.2) is 0 Å². The number of hydrogen-bond donors (Lipinski definition) is 1. The predicted molar refractivity (Wildman–Crippen MR) is 94.0 cm³/mol. The minimum absolute atomic E-state index is 0.135. The molecule has 1 aromatic rings. The number of ether oxygens (including phenoxy) is 1. The van der Waals surface area contributed by atoms with E-state index in [1.807, 2.05) is 0 Å². The number of anilines is 1. The maximum absolute atomic E-state index is 13.0. The highest BCUT2D eigenvalue weighted by atomic mass is 19.1. The van der Waals surface area contributed by atoms with Gasteiger partial charge in [-0.1, -0.05) is 0 Å². The molecule has 1 unspecified atom stereocenters. The highest BCUT2D eigenvalue weighted by molar-refractivity contribution is 5.85. The van der Waals surface area contributed by atoms with Crippen LogP contribution >= 0.6 is 0 Å². The van der Waals surface area contributed by atoms with Gasteiger partial charge in [0.25, 0.3) is 0 Å². The van der Waals surface area contributed by atoms with Gasteiger partial charge in [0, 0.05) is 31.9 Å². The second-order valence-electron chi connectivity index (χ2n) is 7.16. The molecule has 0 aromatic heterocycles. The monoisotopic (exact) mass is 351 g/mol. The summed E-state index contributed by atoms with van der Waals surface area (Å²) in [6.45, 7) is 9.40. The summed E-state index contributed by atoms with van der Waals surface area (Å²) in [7, 11) is 0. The number of rotatable bonds is 3. The second kappa shape index (κ2) is 7.72. The van der Waals surface area contributed by atoms with E-state index in [1.165, 1.54) is 12.1 Å². The van der Waals surface area contributed by atoms with Gasteiger partial charge in [-0.05, 0) is 52.0 Å². The smallest absolute Gasteiger partial charge is 0.408 e. The van der Waals surface area contributed by atoms with Crippen LogP contribution in [0.1, 0.15) is 27.7 Å². The summed E-state index contributed by atoms with van der Waals surface area (Å²) in [6.07, 6.45) is -0.599. The summed E-state index contributed by atoms with van der Waals surface area (Å²) in [6, 6.07) is 5.69. The second-order valence-corrected chi connectivity index (χ2v) is 7.16.